The zero-order chi connectivity index (χ0) is 16.7. The summed E-state index contributed by atoms with van der Waals surface area (Å²) in [5.74, 6) is 1.63. The number of benzene rings is 1. The fourth-order valence-electron chi connectivity index (χ4n) is 2.46. The SMILES string of the molecule is CCN(C[C@@H]1COc2ccccc2O1)C(=S)NCCCN(C)C. The van der Waals surface area contributed by atoms with E-state index in [9.17, 15) is 0 Å². The van der Waals surface area contributed by atoms with Gasteiger partial charge >= 0.3 is 0 Å². The van der Waals surface area contributed by atoms with Crippen LogP contribution in [0.1, 0.15) is 13.3 Å². The number of rotatable bonds is 7. The molecule has 0 aromatic heterocycles. The lowest BCUT2D eigenvalue weighted by molar-refractivity contribution is 0.0748. The zero-order valence-corrected chi connectivity index (χ0v) is 15.1. The van der Waals surface area contributed by atoms with Crippen LogP contribution in [0.15, 0.2) is 24.3 Å². The first-order chi connectivity index (χ1) is 11.1. The molecule has 0 aliphatic carbocycles. The largest absolute Gasteiger partial charge is 0.486 e. The fraction of sp³-hybridized carbons (Fsp3) is 0.588. The maximum atomic E-state index is 6.01. The van der Waals surface area contributed by atoms with E-state index in [1.54, 1.807) is 0 Å². The van der Waals surface area contributed by atoms with Gasteiger partial charge in [0.1, 0.15) is 6.61 Å². The van der Waals surface area contributed by atoms with Gasteiger partial charge < -0.3 is 24.6 Å². The molecule has 0 amide bonds. The van der Waals surface area contributed by atoms with E-state index in [-0.39, 0.29) is 6.10 Å². The zero-order valence-electron chi connectivity index (χ0n) is 14.2. The molecule has 1 aromatic rings. The molecule has 0 fully saturated rings. The maximum Gasteiger partial charge on any atom is 0.169 e. The van der Waals surface area contributed by atoms with Crippen molar-refractivity contribution >= 4 is 17.3 Å². The number of ether oxygens (including phenoxy) is 2. The van der Waals surface area contributed by atoms with Crippen LogP contribution >= 0.6 is 12.2 Å². The van der Waals surface area contributed by atoms with Crippen molar-refractivity contribution in [3.8, 4) is 11.5 Å². The molecule has 1 heterocycles. The standard InChI is InChI=1S/C17H27N3O2S/c1-4-20(17(23)18-10-7-11-19(2)3)12-14-13-21-15-8-5-6-9-16(15)22-14/h5-6,8-9,14H,4,7,10-13H2,1-3H3,(H,18,23)/t14-/m1/s1. The summed E-state index contributed by atoms with van der Waals surface area (Å²) in [5.41, 5.74) is 0. The van der Waals surface area contributed by atoms with Crippen LogP contribution in [0.25, 0.3) is 0 Å². The van der Waals surface area contributed by atoms with Crippen molar-refractivity contribution < 1.29 is 9.47 Å². The van der Waals surface area contributed by atoms with E-state index in [1.807, 2.05) is 24.3 Å². The number of fused-ring (bicyclic) bond motifs is 1. The van der Waals surface area contributed by atoms with Gasteiger partial charge in [0.05, 0.1) is 6.54 Å². The molecule has 2 rings (SSSR count). The lowest BCUT2D eigenvalue weighted by Crippen LogP contribution is -2.47. The van der Waals surface area contributed by atoms with Gasteiger partial charge in [-0.15, -0.1) is 0 Å². The summed E-state index contributed by atoms with van der Waals surface area (Å²) in [6.07, 6.45) is 1.06. The first-order valence-electron chi connectivity index (χ1n) is 8.16. The normalized spacial score (nSPS) is 16.3. The summed E-state index contributed by atoms with van der Waals surface area (Å²) < 4.78 is 11.8. The molecule has 1 atom stereocenters. The molecule has 0 radical (unpaired) electrons. The molecule has 5 nitrogen and oxygen atoms in total. The highest BCUT2D eigenvalue weighted by atomic mass is 32.1. The number of hydrogen-bond acceptors (Lipinski definition) is 4. The van der Waals surface area contributed by atoms with E-state index in [0.29, 0.717) is 6.61 Å². The third-order valence-electron chi connectivity index (χ3n) is 3.72. The highest BCUT2D eigenvalue weighted by molar-refractivity contribution is 7.80. The molecule has 6 heteroatoms. The molecule has 0 unspecified atom stereocenters. The molecule has 0 spiro atoms. The lowest BCUT2D eigenvalue weighted by Gasteiger charge is -2.32. The monoisotopic (exact) mass is 337 g/mol. The highest BCUT2D eigenvalue weighted by Gasteiger charge is 2.23. The quantitative estimate of drug-likeness (QED) is 0.606. The molecule has 1 aliphatic heterocycles. The lowest BCUT2D eigenvalue weighted by atomic mass is 10.2. The number of likely N-dealkylation sites (N-methyl/N-ethyl adjacent to an activating group) is 1. The molecular weight excluding hydrogens is 310 g/mol. The van der Waals surface area contributed by atoms with Crippen molar-refractivity contribution in [3.63, 3.8) is 0 Å². The predicted molar refractivity (Wildman–Crippen MR) is 97.4 cm³/mol. The molecule has 1 N–H and O–H groups in total. The van der Waals surface area contributed by atoms with Crippen LogP contribution in [0.3, 0.4) is 0 Å². The molecule has 1 aromatic carbocycles. The van der Waals surface area contributed by atoms with Gasteiger partial charge in [0, 0.05) is 13.1 Å². The van der Waals surface area contributed by atoms with Gasteiger partial charge in [-0.25, -0.2) is 0 Å². The number of hydrogen-bond donors (Lipinski definition) is 1. The van der Waals surface area contributed by atoms with Gasteiger partial charge in [-0.05, 0) is 58.3 Å². The van der Waals surface area contributed by atoms with E-state index in [1.165, 1.54) is 0 Å². The van der Waals surface area contributed by atoms with Gasteiger partial charge in [-0.2, -0.15) is 0 Å². The summed E-state index contributed by atoms with van der Waals surface area (Å²) in [5, 5.41) is 4.12. The Bertz CT molecular complexity index is 510. The average molecular weight is 337 g/mol. The van der Waals surface area contributed by atoms with Crippen molar-refractivity contribution in [2.45, 2.75) is 19.4 Å². The minimum absolute atomic E-state index is 0.00799. The van der Waals surface area contributed by atoms with Crippen LogP contribution in [0.2, 0.25) is 0 Å². The number of nitrogens with zero attached hydrogens (tertiary/aromatic N) is 2. The van der Waals surface area contributed by atoms with E-state index in [4.69, 9.17) is 21.7 Å². The van der Waals surface area contributed by atoms with E-state index in [2.05, 4.69) is 36.1 Å². The third kappa shape index (κ3) is 5.55. The topological polar surface area (TPSA) is 37.0 Å². The Labute approximate surface area is 144 Å². The second-order valence-electron chi connectivity index (χ2n) is 5.92. The molecule has 0 bridgehead atoms. The van der Waals surface area contributed by atoms with Crippen molar-refractivity contribution in [1.82, 2.24) is 15.1 Å². The summed E-state index contributed by atoms with van der Waals surface area (Å²) in [7, 11) is 4.16. The van der Waals surface area contributed by atoms with E-state index in [0.717, 1.165) is 49.2 Å². The number of nitrogens with one attached hydrogen (secondary N) is 1. The smallest absolute Gasteiger partial charge is 0.169 e. The predicted octanol–water partition coefficient (Wildman–Crippen LogP) is 1.97. The van der Waals surface area contributed by atoms with Crippen LogP contribution in [-0.2, 0) is 0 Å². The van der Waals surface area contributed by atoms with Gasteiger partial charge in [0.15, 0.2) is 22.7 Å². The fourth-order valence-corrected chi connectivity index (χ4v) is 2.76. The molecule has 23 heavy (non-hydrogen) atoms. The molecule has 128 valence electrons. The number of para-hydroxylation sites is 2. The van der Waals surface area contributed by atoms with Gasteiger partial charge in [0.25, 0.3) is 0 Å². The first kappa shape index (κ1) is 17.8. The van der Waals surface area contributed by atoms with Crippen molar-refractivity contribution in [2.24, 2.45) is 0 Å². The van der Waals surface area contributed by atoms with Crippen LogP contribution in [0.4, 0.5) is 0 Å². The second kappa shape index (κ2) is 8.93. The van der Waals surface area contributed by atoms with Crippen LogP contribution < -0.4 is 14.8 Å². The summed E-state index contributed by atoms with van der Waals surface area (Å²) in [6, 6.07) is 7.78. The van der Waals surface area contributed by atoms with Gasteiger partial charge in [-0.3, -0.25) is 0 Å². The summed E-state index contributed by atoms with van der Waals surface area (Å²) in [4.78, 5) is 4.31. The molecule has 0 saturated carbocycles. The van der Waals surface area contributed by atoms with Crippen LogP contribution in [0, 0.1) is 0 Å². The Morgan fingerprint density at radius 2 is 2.04 bits per heavy atom. The highest BCUT2D eigenvalue weighted by Crippen LogP contribution is 2.30. The average Bonchev–Trinajstić information content (AvgIpc) is 2.56. The van der Waals surface area contributed by atoms with Crippen molar-refractivity contribution in [1.29, 1.82) is 0 Å². The Morgan fingerprint density at radius 1 is 1.30 bits per heavy atom. The summed E-state index contributed by atoms with van der Waals surface area (Å²) in [6.45, 7) is 6.17. The second-order valence-corrected chi connectivity index (χ2v) is 6.31. The van der Waals surface area contributed by atoms with Crippen molar-refractivity contribution in [3.05, 3.63) is 24.3 Å². The first-order valence-corrected chi connectivity index (χ1v) is 8.57. The van der Waals surface area contributed by atoms with Crippen molar-refractivity contribution in [2.75, 3.05) is 46.9 Å². The van der Waals surface area contributed by atoms with Gasteiger partial charge in [0.2, 0.25) is 0 Å². The Morgan fingerprint density at radius 3 is 2.74 bits per heavy atom. The van der Waals surface area contributed by atoms with E-state index >= 15 is 0 Å². The number of thiocarbonyl (C=S) groups is 1. The molecular formula is C17H27N3O2S. The Balaban J connectivity index is 1.79. The maximum absolute atomic E-state index is 6.01. The minimum atomic E-state index is -0.00799. The minimum Gasteiger partial charge on any atom is -0.486 e. The Hall–Kier alpha value is -1.53. The Kier molecular flexibility index (Phi) is 6.92. The molecule has 1 aliphatic rings. The van der Waals surface area contributed by atoms with E-state index < -0.39 is 0 Å². The molecule has 0 saturated heterocycles. The van der Waals surface area contributed by atoms with Crippen LogP contribution in [-0.4, -0.2) is 67.9 Å². The van der Waals surface area contributed by atoms with Gasteiger partial charge in [-0.1, -0.05) is 12.1 Å². The third-order valence-corrected chi connectivity index (χ3v) is 4.12. The van der Waals surface area contributed by atoms with Crippen LogP contribution in [0.5, 0.6) is 11.5 Å². The summed E-state index contributed by atoms with van der Waals surface area (Å²) >= 11 is 5.50.